The van der Waals surface area contributed by atoms with E-state index < -0.39 is 11.9 Å². The molecule has 0 saturated carbocycles. The zero-order valence-corrected chi connectivity index (χ0v) is 9.32. The standard InChI is InChI=1S/C10H9N3O5/c1-5-8(10(16)17)11-12-13(5)4-6-2-3-7(18-6)9(14)15/h2-3H,4H2,1H3,(H,14,15)(H,16,17). The van der Waals surface area contributed by atoms with Crippen molar-refractivity contribution < 1.29 is 24.2 Å². The predicted molar refractivity (Wildman–Crippen MR) is 56.5 cm³/mol. The van der Waals surface area contributed by atoms with E-state index in [1.165, 1.54) is 16.8 Å². The molecule has 0 bridgehead atoms. The van der Waals surface area contributed by atoms with Gasteiger partial charge in [-0.3, -0.25) is 0 Å². The number of hydrogen-bond donors (Lipinski definition) is 2. The fourth-order valence-corrected chi connectivity index (χ4v) is 1.43. The molecule has 0 spiro atoms. The number of carbonyl (C=O) groups is 2. The van der Waals surface area contributed by atoms with Gasteiger partial charge in [-0.15, -0.1) is 5.10 Å². The Bertz CT molecular complexity index is 613. The van der Waals surface area contributed by atoms with E-state index in [1.807, 2.05) is 0 Å². The lowest BCUT2D eigenvalue weighted by Gasteiger charge is -1.99. The number of nitrogens with zero attached hydrogens (tertiary/aromatic N) is 3. The van der Waals surface area contributed by atoms with Crippen LogP contribution in [0.4, 0.5) is 0 Å². The van der Waals surface area contributed by atoms with E-state index in [4.69, 9.17) is 14.6 Å². The normalized spacial score (nSPS) is 10.5. The highest BCUT2D eigenvalue weighted by atomic mass is 16.4. The van der Waals surface area contributed by atoms with E-state index in [9.17, 15) is 9.59 Å². The first-order valence-electron chi connectivity index (χ1n) is 4.94. The zero-order valence-electron chi connectivity index (χ0n) is 9.32. The summed E-state index contributed by atoms with van der Waals surface area (Å²) in [5, 5.41) is 24.7. The van der Waals surface area contributed by atoms with Crippen LogP contribution in [-0.2, 0) is 6.54 Å². The molecule has 0 unspecified atom stereocenters. The smallest absolute Gasteiger partial charge is 0.371 e. The van der Waals surface area contributed by atoms with Crippen LogP contribution < -0.4 is 0 Å². The lowest BCUT2D eigenvalue weighted by atomic mass is 10.3. The van der Waals surface area contributed by atoms with Crippen molar-refractivity contribution in [3.05, 3.63) is 35.0 Å². The molecular weight excluding hydrogens is 242 g/mol. The number of furan rings is 1. The minimum Gasteiger partial charge on any atom is -0.476 e. The Labute approximate surface area is 100 Å². The average molecular weight is 251 g/mol. The van der Waals surface area contributed by atoms with Gasteiger partial charge in [0.15, 0.2) is 5.69 Å². The zero-order chi connectivity index (χ0) is 13.3. The molecule has 2 aromatic heterocycles. The van der Waals surface area contributed by atoms with Crippen molar-refractivity contribution in [3.8, 4) is 0 Å². The van der Waals surface area contributed by atoms with Gasteiger partial charge in [0.05, 0.1) is 5.69 Å². The maximum Gasteiger partial charge on any atom is 0.371 e. The highest BCUT2D eigenvalue weighted by Gasteiger charge is 2.16. The molecule has 0 aliphatic heterocycles. The Morgan fingerprint density at radius 3 is 2.56 bits per heavy atom. The molecule has 0 saturated heterocycles. The second-order valence-corrected chi connectivity index (χ2v) is 3.56. The Hall–Kier alpha value is -2.64. The molecule has 8 heteroatoms. The minimum atomic E-state index is -1.16. The molecule has 0 atom stereocenters. The first-order chi connectivity index (χ1) is 8.49. The molecular formula is C10H9N3O5. The molecule has 2 rings (SSSR count). The first-order valence-corrected chi connectivity index (χ1v) is 4.94. The predicted octanol–water partition coefficient (Wildman–Crippen LogP) is 0.624. The topological polar surface area (TPSA) is 118 Å². The number of aromatic carboxylic acids is 2. The van der Waals surface area contributed by atoms with E-state index in [0.717, 1.165) is 0 Å². The van der Waals surface area contributed by atoms with Crippen LogP contribution in [0.3, 0.4) is 0 Å². The van der Waals surface area contributed by atoms with Crippen LogP contribution in [-0.4, -0.2) is 37.1 Å². The summed E-state index contributed by atoms with van der Waals surface area (Å²) in [6, 6.07) is 2.81. The van der Waals surface area contributed by atoms with Gasteiger partial charge in [-0.05, 0) is 19.1 Å². The molecule has 2 N–H and O–H groups in total. The largest absolute Gasteiger partial charge is 0.476 e. The summed E-state index contributed by atoms with van der Waals surface area (Å²) in [7, 11) is 0. The molecule has 0 aromatic carbocycles. The van der Waals surface area contributed by atoms with Crippen molar-refractivity contribution in [3.63, 3.8) is 0 Å². The van der Waals surface area contributed by atoms with Gasteiger partial charge in [0, 0.05) is 0 Å². The van der Waals surface area contributed by atoms with Crippen LogP contribution in [0.15, 0.2) is 16.5 Å². The fourth-order valence-electron chi connectivity index (χ4n) is 1.43. The van der Waals surface area contributed by atoms with Crippen LogP contribution in [0.1, 0.15) is 32.5 Å². The number of rotatable bonds is 4. The maximum absolute atomic E-state index is 10.8. The van der Waals surface area contributed by atoms with Crippen molar-refractivity contribution in [2.24, 2.45) is 0 Å². The third-order valence-electron chi connectivity index (χ3n) is 2.36. The maximum atomic E-state index is 10.8. The monoisotopic (exact) mass is 251 g/mol. The molecule has 0 fully saturated rings. The van der Waals surface area contributed by atoms with Gasteiger partial charge in [0.25, 0.3) is 0 Å². The van der Waals surface area contributed by atoms with E-state index in [-0.39, 0.29) is 18.0 Å². The molecule has 0 amide bonds. The van der Waals surface area contributed by atoms with E-state index >= 15 is 0 Å². The number of carboxylic acid groups (broad SMARTS) is 2. The van der Waals surface area contributed by atoms with Crippen molar-refractivity contribution >= 4 is 11.9 Å². The second-order valence-electron chi connectivity index (χ2n) is 3.56. The van der Waals surface area contributed by atoms with E-state index in [2.05, 4.69) is 10.3 Å². The van der Waals surface area contributed by atoms with Crippen LogP contribution in [0.2, 0.25) is 0 Å². The molecule has 0 aliphatic carbocycles. The van der Waals surface area contributed by atoms with E-state index in [1.54, 1.807) is 6.92 Å². The Morgan fingerprint density at radius 2 is 2.06 bits per heavy atom. The summed E-state index contributed by atoms with van der Waals surface area (Å²) in [5.41, 5.74) is 0.232. The van der Waals surface area contributed by atoms with Gasteiger partial charge in [0.2, 0.25) is 5.76 Å². The summed E-state index contributed by atoms with van der Waals surface area (Å²) in [6.45, 7) is 1.68. The first kappa shape index (κ1) is 11.8. The van der Waals surface area contributed by atoms with Crippen LogP contribution >= 0.6 is 0 Å². The van der Waals surface area contributed by atoms with Gasteiger partial charge in [-0.25, -0.2) is 14.3 Å². The van der Waals surface area contributed by atoms with Crippen LogP contribution in [0.25, 0.3) is 0 Å². The quantitative estimate of drug-likeness (QED) is 0.817. The Kier molecular flexibility index (Phi) is 2.84. The van der Waals surface area contributed by atoms with Crippen LogP contribution in [0, 0.1) is 6.92 Å². The van der Waals surface area contributed by atoms with Crippen molar-refractivity contribution in [1.82, 2.24) is 15.0 Å². The summed E-state index contributed by atoms with van der Waals surface area (Å²) in [4.78, 5) is 21.4. The third kappa shape index (κ3) is 2.08. The van der Waals surface area contributed by atoms with Gasteiger partial charge in [-0.1, -0.05) is 5.21 Å². The average Bonchev–Trinajstić information content (AvgIpc) is 2.87. The minimum absolute atomic E-state index is 0.124. The summed E-state index contributed by atoms with van der Waals surface area (Å²) >= 11 is 0. The van der Waals surface area contributed by atoms with E-state index in [0.29, 0.717) is 11.5 Å². The molecule has 0 radical (unpaired) electrons. The van der Waals surface area contributed by atoms with Gasteiger partial charge in [-0.2, -0.15) is 0 Å². The van der Waals surface area contributed by atoms with Gasteiger partial charge >= 0.3 is 11.9 Å². The number of hydrogen-bond acceptors (Lipinski definition) is 5. The van der Waals surface area contributed by atoms with Crippen molar-refractivity contribution in [1.29, 1.82) is 0 Å². The third-order valence-corrected chi connectivity index (χ3v) is 2.36. The molecule has 2 aromatic rings. The Morgan fingerprint density at radius 1 is 1.33 bits per heavy atom. The molecule has 18 heavy (non-hydrogen) atoms. The SMILES string of the molecule is Cc1c(C(=O)O)nnn1Cc1ccc(C(=O)O)o1. The van der Waals surface area contributed by atoms with Gasteiger partial charge < -0.3 is 14.6 Å². The van der Waals surface area contributed by atoms with Gasteiger partial charge in [0.1, 0.15) is 12.3 Å². The summed E-state index contributed by atoms with van der Waals surface area (Å²) in [6.07, 6.45) is 0. The molecule has 8 nitrogen and oxygen atoms in total. The Balaban J connectivity index is 2.23. The summed E-state index contributed by atoms with van der Waals surface area (Å²) < 4.78 is 6.37. The molecule has 0 aliphatic rings. The summed E-state index contributed by atoms with van der Waals surface area (Å²) in [5.74, 6) is -2.15. The lowest BCUT2D eigenvalue weighted by Crippen LogP contribution is -2.05. The lowest BCUT2D eigenvalue weighted by molar-refractivity contribution is 0.0657. The fraction of sp³-hybridized carbons (Fsp3) is 0.200. The van der Waals surface area contributed by atoms with Crippen molar-refractivity contribution in [2.75, 3.05) is 0 Å². The van der Waals surface area contributed by atoms with Crippen molar-refractivity contribution in [2.45, 2.75) is 13.5 Å². The molecule has 94 valence electrons. The highest BCUT2D eigenvalue weighted by molar-refractivity contribution is 5.86. The molecule has 2 heterocycles. The highest BCUT2D eigenvalue weighted by Crippen LogP contribution is 2.11. The van der Waals surface area contributed by atoms with Crippen LogP contribution in [0.5, 0.6) is 0 Å². The number of carboxylic acids is 2. The number of aromatic nitrogens is 3. The second kappa shape index (κ2) is 4.32.